The van der Waals surface area contributed by atoms with Crippen LogP contribution in [0.3, 0.4) is 0 Å². The zero-order valence-corrected chi connectivity index (χ0v) is 29.2. The van der Waals surface area contributed by atoms with Crippen LogP contribution in [0.2, 0.25) is 0 Å². The summed E-state index contributed by atoms with van der Waals surface area (Å²) >= 11 is 0. The molecular formula is C41H48O11. The van der Waals surface area contributed by atoms with E-state index in [1.165, 1.54) is 7.11 Å². The molecule has 6 rings (SSSR count). The van der Waals surface area contributed by atoms with E-state index in [0.717, 1.165) is 22.3 Å². The Morgan fingerprint density at radius 2 is 0.865 bits per heavy atom. The molecule has 0 saturated carbocycles. The molecule has 10 unspecified atom stereocenters. The monoisotopic (exact) mass is 716 g/mol. The Hall–Kier alpha value is -3.56. The number of hydrogen-bond donors (Lipinski definition) is 3. The largest absolute Gasteiger partial charge is 0.394 e. The van der Waals surface area contributed by atoms with Crippen LogP contribution in [0.15, 0.2) is 121 Å². The summed E-state index contributed by atoms with van der Waals surface area (Å²) in [6.45, 7) is 0.242. The molecule has 2 aliphatic heterocycles. The van der Waals surface area contributed by atoms with E-state index < -0.39 is 68.0 Å². The molecule has 2 saturated heterocycles. The van der Waals surface area contributed by atoms with Crippen molar-refractivity contribution in [3.05, 3.63) is 144 Å². The van der Waals surface area contributed by atoms with Crippen LogP contribution < -0.4 is 0 Å². The number of ether oxygens (including phenoxy) is 8. The van der Waals surface area contributed by atoms with Crippen LogP contribution in [0.1, 0.15) is 22.3 Å². The van der Waals surface area contributed by atoms with Gasteiger partial charge in [0.15, 0.2) is 12.6 Å². The fraction of sp³-hybridized carbons (Fsp3) is 0.415. The first-order chi connectivity index (χ1) is 25.5. The minimum atomic E-state index is -1.32. The first-order valence-corrected chi connectivity index (χ1v) is 17.6. The van der Waals surface area contributed by atoms with E-state index in [1.807, 2.05) is 121 Å². The van der Waals surface area contributed by atoms with Gasteiger partial charge < -0.3 is 53.2 Å². The van der Waals surface area contributed by atoms with Crippen molar-refractivity contribution in [3.8, 4) is 0 Å². The molecule has 52 heavy (non-hydrogen) atoms. The Kier molecular flexibility index (Phi) is 14.3. The quantitative estimate of drug-likeness (QED) is 0.146. The lowest BCUT2D eigenvalue weighted by molar-refractivity contribution is -0.342. The molecule has 0 amide bonds. The van der Waals surface area contributed by atoms with Crippen LogP contribution in [-0.4, -0.2) is 97.1 Å². The van der Waals surface area contributed by atoms with Gasteiger partial charge in [-0.25, -0.2) is 0 Å². The normalized spacial score (nSPS) is 29.2. The summed E-state index contributed by atoms with van der Waals surface area (Å²) in [4.78, 5) is 0. The van der Waals surface area contributed by atoms with E-state index in [-0.39, 0.29) is 33.0 Å². The predicted molar refractivity (Wildman–Crippen MR) is 189 cm³/mol. The summed E-state index contributed by atoms with van der Waals surface area (Å²) in [5.41, 5.74) is 3.65. The maximum absolute atomic E-state index is 11.7. The third-order valence-electron chi connectivity index (χ3n) is 9.21. The van der Waals surface area contributed by atoms with Gasteiger partial charge in [-0.3, -0.25) is 0 Å². The lowest BCUT2D eigenvalue weighted by Crippen LogP contribution is -2.63. The van der Waals surface area contributed by atoms with Crippen LogP contribution in [-0.2, 0) is 64.3 Å². The van der Waals surface area contributed by atoms with Crippen molar-refractivity contribution in [1.29, 1.82) is 0 Å². The van der Waals surface area contributed by atoms with Gasteiger partial charge in [-0.1, -0.05) is 121 Å². The van der Waals surface area contributed by atoms with Crippen LogP contribution in [0, 0.1) is 0 Å². The fourth-order valence-corrected chi connectivity index (χ4v) is 6.43. The average molecular weight is 717 g/mol. The average Bonchev–Trinajstić information content (AvgIpc) is 3.19. The van der Waals surface area contributed by atoms with Crippen molar-refractivity contribution in [2.24, 2.45) is 0 Å². The molecule has 0 aliphatic carbocycles. The fourth-order valence-electron chi connectivity index (χ4n) is 6.43. The first kappa shape index (κ1) is 38.2. The summed E-state index contributed by atoms with van der Waals surface area (Å²) in [5, 5.41) is 33.9. The summed E-state index contributed by atoms with van der Waals surface area (Å²) < 4.78 is 49.3. The SMILES string of the molecule is COC1OC(COC2OC(CO)C(OCc3ccccc3)C(OCc3ccccc3)C2O)C(OCc2ccccc2)C(O)C1OCc1ccccc1. The van der Waals surface area contributed by atoms with E-state index in [4.69, 9.17) is 37.9 Å². The molecule has 0 bridgehead atoms. The highest BCUT2D eigenvalue weighted by Gasteiger charge is 2.50. The first-order valence-electron chi connectivity index (χ1n) is 17.6. The maximum Gasteiger partial charge on any atom is 0.186 e. The Morgan fingerprint density at radius 3 is 1.31 bits per heavy atom. The van der Waals surface area contributed by atoms with Crippen LogP contribution in [0.4, 0.5) is 0 Å². The number of rotatable bonds is 17. The van der Waals surface area contributed by atoms with E-state index in [1.54, 1.807) is 0 Å². The second-order valence-electron chi connectivity index (χ2n) is 12.9. The highest BCUT2D eigenvalue weighted by atomic mass is 16.7. The summed E-state index contributed by atoms with van der Waals surface area (Å²) in [6, 6.07) is 38.4. The molecule has 0 radical (unpaired) electrons. The number of hydrogen-bond acceptors (Lipinski definition) is 11. The highest BCUT2D eigenvalue weighted by molar-refractivity contribution is 5.16. The van der Waals surface area contributed by atoms with Gasteiger partial charge in [0.25, 0.3) is 0 Å². The van der Waals surface area contributed by atoms with E-state index in [0.29, 0.717) is 0 Å². The van der Waals surface area contributed by atoms with Crippen LogP contribution >= 0.6 is 0 Å². The molecule has 4 aromatic rings. The summed E-state index contributed by atoms with van der Waals surface area (Å²) in [7, 11) is 1.48. The second kappa shape index (κ2) is 19.5. The van der Waals surface area contributed by atoms with E-state index in [9.17, 15) is 15.3 Å². The molecule has 3 N–H and O–H groups in total. The third kappa shape index (κ3) is 10.1. The van der Waals surface area contributed by atoms with Gasteiger partial charge in [-0.2, -0.15) is 0 Å². The second-order valence-corrected chi connectivity index (χ2v) is 12.9. The summed E-state index contributed by atoms with van der Waals surface area (Å²) in [6.07, 6.45) is -9.96. The van der Waals surface area contributed by atoms with Crippen molar-refractivity contribution in [1.82, 2.24) is 0 Å². The molecule has 11 nitrogen and oxygen atoms in total. The van der Waals surface area contributed by atoms with E-state index >= 15 is 0 Å². The van der Waals surface area contributed by atoms with Crippen molar-refractivity contribution < 1.29 is 53.2 Å². The molecular weight excluding hydrogens is 668 g/mol. The standard InChI is InChI=1S/C41H48O11/c1-45-41-39(49-26-31-20-12-5-13-21-31)34(43)36(46-23-28-14-6-2-7-15-28)33(52-41)27-50-40-35(44)38(48-25-30-18-10-4-11-19-30)37(32(22-42)51-40)47-24-29-16-8-3-9-17-29/h2-21,32-44H,22-27H2,1H3. The van der Waals surface area contributed by atoms with Gasteiger partial charge >= 0.3 is 0 Å². The molecule has 10 atom stereocenters. The van der Waals surface area contributed by atoms with Gasteiger partial charge in [0.05, 0.1) is 39.6 Å². The van der Waals surface area contributed by atoms with Gasteiger partial charge in [-0.05, 0) is 22.3 Å². The summed E-state index contributed by atoms with van der Waals surface area (Å²) in [5.74, 6) is 0. The minimum absolute atomic E-state index is 0.164. The molecule has 11 heteroatoms. The molecule has 0 aromatic heterocycles. The number of aliphatic hydroxyl groups excluding tert-OH is 3. The van der Waals surface area contributed by atoms with Crippen molar-refractivity contribution in [3.63, 3.8) is 0 Å². The molecule has 2 fully saturated rings. The molecule has 2 aliphatic rings. The Morgan fingerprint density at radius 1 is 0.462 bits per heavy atom. The lowest BCUT2D eigenvalue weighted by atomic mass is 9.97. The highest BCUT2D eigenvalue weighted by Crippen LogP contribution is 2.32. The van der Waals surface area contributed by atoms with Gasteiger partial charge in [0, 0.05) is 7.11 Å². The van der Waals surface area contributed by atoms with Crippen LogP contribution in [0.25, 0.3) is 0 Å². The smallest absolute Gasteiger partial charge is 0.186 e. The number of methoxy groups -OCH3 is 1. The number of aliphatic hydroxyl groups is 3. The maximum atomic E-state index is 11.7. The Balaban J connectivity index is 1.17. The predicted octanol–water partition coefficient (Wildman–Crippen LogP) is 4.15. The molecule has 2 heterocycles. The topological polar surface area (TPSA) is 135 Å². The zero-order valence-electron chi connectivity index (χ0n) is 29.2. The van der Waals surface area contributed by atoms with Crippen molar-refractivity contribution >= 4 is 0 Å². The van der Waals surface area contributed by atoms with Gasteiger partial charge in [-0.15, -0.1) is 0 Å². The molecule has 4 aromatic carbocycles. The Bertz CT molecular complexity index is 1570. The van der Waals surface area contributed by atoms with Crippen molar-refractivity contribution in [2.75, 3.05) is 20.3 Å². The number of benzene rings is 4. The lowest BCUT2D eigenvalue weighted by Gasteiger charge is -2.46. The molecule has 278 valence electrons. The minimum Gasteiger partial charge on any atom is -0.394 e. The van der Waals surface area contributed by atoms with Crippen LogP contribution in [0.5, 0.6) is 0 Å². The Labute approximate surface area is 304 Å². The zero-order chi connectivity index (χ0) is 36.1. The van der Waals surface area contributed by atoms with Crippen molar-refractivity contribution in [2.45, 2.75) is 87.8 Å². The van der Waals surface area contributed by atoms with Gasteiger partial charge in [0.2, 0.25) is 0 Å². The molecule has 0 spiro atoms. The van der Waals surface area contributed by atoms with E-state index in [2.05, 4.69) is 0 Å². The van der Waals surface area contributed by atoms with Gasteiger partial charge in [0.1, 0.15) is 48.8 Å². The third-order valence-corrected chi connectivity index (χ3v) is 9.21.